The van der Waals surface area contributed by atoms with Gasteiger partial charge in [-0.25, -0.2) is 4.79 Å². The van der Waals surface area contributed by atoms with E-state index in [2.05, 4.69) is 10.1 Å². The van der Waals surface area contributed by atoms with Gasteiger partial charge in [-0.15, -0.1) is 0 Å². The van der Waals surface area contributed by atoms with E-state index in [0.29, 0.717) is 5.69 Å². The van der Waals surface area contributed by atoms with Crippen molar-refractivity contribution in [3.05, 3.63) is 36.0 Å². The average molecular weight is 273 g/mol. The van der Waals surface area contributed by atoms with Crippen LogP contribution in [-0.2, 0) is 14.3 Å². The quantitative estimate of drug-likeness (QED) is 0.512. The largest absolute Gasteiger partial charge is 0.465 e. The number of methoxy groups -OCH3 is 1. The summed E-state index contributed by atoms with van der Waals surface area (Å²) in [5, 5.41) is 11.6. The monoisotopic (exact) mass is 273 g/mol. The topological polar surface area (TPSA) is 82.4 Å². The Hall–Kier alpha value is -2.81. The first-order valence-corrected chi connectivity index (χ1v) is 5.79. The van der Waals surface area contributed by atoms with Gasteiger partial charge >= 0.3 is 5.97 Å². The molecule has 0 radical (unpaired) electrons. The predicted molar refractivity (Wildman–Crippen MR) is 74.9 cm³/mol. The van der Waals surface area contributed by atoms with Gasteiger partial charge in [0.2, 0.25) is 5.91 Å². The SMILES string of the molecule is COC(=O)/C(C#N)=C\Nc1ccc(N(C)C(C)=O)cc1. The molecule has 1 aromatic rings. The fourth-order valence-electron chi connectivity index (χ4n) is 1.37. The van der Waals surface area contributed by atoms with Crippen molar-refractivity contribution in [1.82, 2.24) is 0 Å². The van der Waals surface area contributed by atoms with Crippen molar-refractivity contribution in [3.63, 3.8) is 0 Å². The molecule has 0 spiro atoms. The highest BCUT2D eigenvalue weighted by atomic mass is 16.5. The van der Waals surface area contributed by atoms with E-state index in [0.717, 1.165) is 5.69 Å². The fourth-order valence-corrected chi connectivity index (χ4v) is 1.37. The molecule has 104 valence electrons. The molecule has 0 aliphatic heterocycles. The Labute approximate surface area is 117 Å². The zero-order valence-electron chi connectivity index (χ0n) is 11.5. The number of amides is 1. The standard InChI is InChI=1S/C14H15N3O3/c1-10(18)17(2)13-6-4-12(5-7-13)16-9-11(8-15)14(19)20-3/h4-7,9,16H,1-3H3/b11-9-. The summed E-state index contributed by atoms with van der Waals surface area (Å²) in [6, 6.07) is 8.71. The van der Waals surface area contributed by atoms with Gasteiger partial charge in [0.25, 0.3) is 0 Å². The van der Waals surface area contributed by atoms with Crippen LogP contribution >= 0.6 is 0 Å². The molecule has 6 nitrogen and oxygen atoms in total. The van der Waals surface area contributed by atoms with Crippen molar-refractivity contribution < 1.29 is 14.3 Å². The predicted octanol–water partition coefficient (Wildman–Crippen LogP) is 1.66. The van der Waals surface area contributed by atoms with E-state index in [9.17, 15) is 9.59 Å². The highest BCUT2D eigenvalue weighted by molar-refractivity contribution is 5.93. The van der Waals surface area contributed by atoms with Crippen LogP contribution in [0, 0.1) is 11.3 Å². The number of anilines is 2. The Morgan fingerprint density at radius 1 is 1.35 bits per heavy atom. The third-order valence-corrected chi connectivity index (χ3v) is 2.64. The van der Waals surface area contributed by atoms with E-state index in [1.54, 1.807) is 37.4 Å². The van der Waals surface area contributed by atoms with Gasteiger partial charge in [-0.3, -0.25) is 4.79 Å². The van der Waals surface area contributed by atoms with E-state index in [4.69, 9.17) is 5.26 Å². The smallest absolute Gasteiger partial charge is 0.350 e. The number of carbonyl (C=O) groups excluding carboxylic acids is 2. The molecule has 0 saturated heterocycles. The highest BCUT2D eigenvalue weighted by Crippen LogP contribution is 2.17. The molecule has 0 fully saturated rings. The lowest BCUT2D eigenvalue weighted by Crippen LogP contribution is -2.22. The van der Waals surface area contributed by atoms with Gasteiger partial charge in [-0.1, -0.05) is 0 Å². The second-order valence-electron chi connectivity index (χ2n) is 3.93. The molecule has 1 rings (SSSR count). The Balaban J connectivity index is 2.81. The number of rotatable bonds is 4. The van der Waals surface area contributed by atoms with E-state index < -0.39 is 5.97 Å². The van der Waals surface area contributed by atoms with Crippen molar-refractivity contribution in [1.29, 1.82) is 5.26 Å². The van der Waals surface area contributed by atoms with E-state index >= 15 is 0 Å². The number of nitrogens with one attached hydrogen (secondary N) is 1. The summed E-state index contributed by atoms with van der Waals surface area (Å²) in [4.78, 5) is 23.9. The Morgan fingerprint density at radius 2 is 1.95 bits per heavy atom. The molecular formula is C14H15N3O3. The lowest BCUT2D eigenvalue weighted by molar-refractivity contribution is -0.135. The lowest BCUT2D eigenvalue weighted by Gasteiger charge is -2.15. The third-order valence-electron chi connectivity index (χ3n) is 2.64. The fraction of sp³-hybridized carbons (Fsp3) is 0.214. The normalized spacial score (nSPS) is 10.4. The summed E-state index contributed by atoms with van der Waals surface area (Å²) in [7, 11) is 2.88. The van der Waals surface area contributed by atoms with Crippen LogP contribution in [0.2, 0.25) is 0 Å². The minimum absolute atomic E-state index is 0.0666. The van der Waals surface area contributed by atoms with Gasteiger partial charge in [0, 0.05) is 31.5 Å². The number of esters is 1. The first-order valence-electron chi connectivity index (χ1n) is 5.79. The minimum Gasteiger partial charge on any atom is -0.465 e. The molecular weight excluding hydrogens is 258 g/mol. The maximum absolute atomic E-state index is 11.2. The van der Waals surface area contributed by atoms with Crippen LogP contribution in [0.3, 0.4) is 0 Å². The molecule has 0 aliphatic rings. The molecule has 0 heterocycles. The lowest BCUT2D eigenvalue weighted by atomic mass is 10.2. The van der Waals surface area contributed by atoms with Crippen LogP contribution in [0.5, 0.6) is 0 Å². The molecule has 0 atom stereocenters. The number of carbonyl (C=O) groups is 2. The maximum atomic E-state index is 11.2. The van der Waals surface area contributed by atoms with Crippen molar-refractivity contribution >= 4 is 23.3 Å². The van der Waals surface area contributed by atoms with Crippen molar-refractivity contribution in [2.45, 2.75) is 6.92 Å². The molecule has 1 aromatic carbocycles. The second-order valence-corrected chi connectivity index (χ2v) is 3.93. The summed E-state index contributed by atoms with van der Waals surface area (Å²) in [5.41, 5.74) is 1.31. The van der Waals surface area contributed by atoms with Gasteiger partial charge in [0.05, 0.1) is 7.11 Å². The Morgan fingerprint density at radius 3 is 2.40 bits per heavy atom. The highest BCUT2D eigenvalue weighted by Gasteiger charge is 2.08. The Bertz CT molecular complexity index is 570. The molecule has 1 N–H and O–H groups in total. The number of nitriles is 1. The molecule has 0 aliphatic carbocycles. The summed E-state index contributed by atoms with van der Waals surface area (Å²) in [5.74, 6) is -0.768. The molecule has 20 heavy (non-hydrogen) atoms. The van der Waals surface area contributed by atoms with Gasteiger partial charge in [-0.2, -0.15) is 5.26 Å². The molecule has 0 unspecified atom stereocenters. The first kappa shape index (κ1) is 15.2. The average Bonchev–Trinajstić information content (AvgIpc) is 2.47. The van der Waals surface area contributed by atoms with Gasteiger partial charge < -0.3 is 15.0 Å². The second kappa shape index (κ2) is 6.95. The van der Waals surface area contributed by atoms with E-state index in [-0.39, 0.29) is 11.5 Å². The minimum atomic E-state index is -0.701. The number of nitrogens with zero attached hydrogens (tertiary/aromatic N) is 2. The van der Waals surface area contributed by atoms with Crippen molar-refractivity contribution in [2.75, 3.05) is 24.4 Å². The summed E-state index contributed by atoms with van der Waals surface area (Å²) >= 11 is 0. The summed E-state index contributed by atoms with van der Waals surface area (Å²) in [6.45, 7) is 1.48. The van der Waals surface area contributed by atoms with Crippen LogP contribution < -0.4 is 10.2 Å². The maximum Gasteiger partial charge on any atom is 0.350 e. The van der Waals surface area contributed by atoms with Crippen molar-refractivity contribution in [2.24, 2.45) is 0 Å². The summed E-state index contributed by atoms with van der Waals surface area (Å²) in [6.07, 6.45) is 1.27. The molecule has 6 heteroatoms. The zero-order valence-corrected chi connectivity index (χ0v) is 11.5. The zero-order chi connectivity index (χ0) is 15.1. The van der Waals surface area contributed by atoms with Crippen LogP contribution in [-0.4, -0.2) is 26.0 Å². The number of hydrogen-bond donors (Lipinski definition) is 1. The van der Waals surface area contributed by atoms with E-state index in [1.807, 2.05) is 0 Å². The number of ether oxygens (including phenoxy) is 1. The number of benzene rings is 1. The van der Waals surface area contributed by atoms with Crippen LogP contribution in [0.4, 0.5) is 11.4 Å². The van der Waals surface area contributed by atoms with Crippen LogP contribution in [0.15, 0.2) is 36.0 Å². The number of hydrogen-bond acceptors (Lipinski definition) is 5. The first-order chi connectivity index (χ1) is 9.49. The molecule has 0 aromatic heterocycles. The van der Waals surface area contributed by atoms with Crippen molar-refractivity contribution in [3.8, 4) is 6.07 Å². The van der Waals surface area contributed by atoms with Crippen LogP contribution in [0.1, 0.15) is 6.92 Å². The molecule has 0 saturated carbocycles. The molecule has 1 amide bonds. The molecule has 0 bridgehead atoms. The van der Waals surface area contributed by atoms with E-state index in [1.165, 1.54) is 25.1 Å². The summed E-state index contributed by atoms with van der Waals surface area (Å²) < 4.78 is 4.45. The Kier molecular flexibility index (Phi) is 5.30. The van der Waals surface area contributed by atoms with Gasteiger partial charge in [0.1, 0.15) is 6.07 Å². The van der Waals surface area contributed by atoms with Gasteiger partial charge in [0.15, 0.2) is 5.57 Å². The van der Waals surface area contributed by atoms with Crippen LogP contribution in [0.25, 0.3) is 0 Å². The van der Waals surface area contributed by atoms with Gasteiger partial charge in [-0.05, 0) is 24.3 Å². The third kappa shape index (κ3) is 3.85.